The van der Waals surface area contributed by atoms with Crippen LogP contribution < -0.4 is 9.57 Å². The van der Waals surface area contributed by atoms with Gasteiger partial charge in [0.05, 0.1) is 11.1 Å². The Hall–Kier alpha value is -2.60. The highest BCUT2D eigenvalue weighted by atomic mass is 32.2. The van der Waals surface area contributed by atoms with Gasteiger partial charge in [-0.2, -0.15) is 13.5 Å². The van der Waals surface area contributed by atoms with E-state index in [0.717, 1.165) is 5.56 Å². The van der Waals surface area contributed by atoms with E-state index in [1.54, 1.807) is 48.5 Å². The Morgan fingerprint density at radius 1 is 1.09 bits per heavy atom. The standard InChI is InChI=1S/C16H16N2O3S/c1-2-12-21-15-10-8-14(9-11-15)13-17-18-22(19,20)16-6-4-3-5-7-16/h2-11,13,18H,1,12H2. The molecule has 0 radical (unpaired) electrons. The van der Waals surface area contributed by atoms with Crippen molar-refractivity contribution < 1.29 is 13.2 Å². The molecule has 0 fully saturated rings. The van der Waals surface area contributed by atoms with Gasteiger partial charge < -0.3 is 4.74 Å². The quantitative estimate of drug-likeness (QED) is 0.485. The van der Waals surface area contributed by atoms with Crippen LogP contribution >= 0.6 is 0 Å². The summed E-state index contributed by atoms with van der Waals surface area (Å²) < 4.78 is 29.2. The molecule has 0 aromatic heterocycles. The molecular weight excluding hydrogens is 300 g/mol. The SMILES string of the molecule is C=CCOc1ccc(C=NNS(=O)(=O)c2ccccc2)cc1. The first kappa shape index (κ1) is 15.8. The zero-order valence-electron chi connectivity index (χ0n) is 11.8. The Morgan fingerprint density at radius 2 is 1.77 bits per heavy atom. The lowest BCUT2D eigenvalue weighted by Gasteiger charge is -2.03. The van der Waals surface area contributed by atoms with Crippen molar-refractivity contribution in [3.63, 3.8) is 0 Å². The first-order valence-corrected chi connectivity index (χ1v) is 8.04. The molecule has 2 aromatic rings. The second-order valence-electron chi connectivity index (χ2n) is 4.33. The minimum Gasteiger partial charge on any atom is -0.490 e. The molecule has 0 bridgehead atoms. The van der Waals surface area contributed by atoms with Gasteiger partial charge in [0, 0.05) is 0 Å². The summed E-state index contributed by atoms with van der Waals surface area (Å²) in [5, 5.41) is 3.76. The van der Waals surface area contributed by atoms with E-state index in [9.17, 15) is 8.42 Å². The molecule has 1 N–H and O–H groups in total. The maximum Gasteiger partial charge on any atom is 0.276 e. The molecule has 0 saturated heterocycles. The highest BCUT2D eigenvalue weighted by Gasteiger charge is 2.10. The Kier molecular flexibility index (Phi) is 5.32. The summed E-state index contributed by atoms with van der Waals surface area (Å²) in [6, 6.07) is 15.2. The Balaban J connectivity index is 1.99. The molecular formula is C16H16N2O3S. The van der Waals surface area contributed by atoms with Crippen LogP contribution in [0.25, 0.3) is 0 Å². The van der Waals surface area contributed by atoms with Gasteiger partial charge in [0.2, 0.25) is 0 Å². The second-order valence-corrected chi connectivity index (χ2v) is 6.00. The average molecular weight is 316 g/mol. The van der Waals surface area contributed by atoms with E-state index in [4.69, 9.17) is 4.74 Å². The number of nitrogens with zero attached hydrogens (tertiary/aromatic N) is 1. The lowest BCUT2D eigenvalue weighted by molar-refractivity contribution is 0.363. The molecule has 0 spiro atoms. The summed E-state index contributed by atoms with van der Waals surface area (Å²) in [6.07, 6.45) is 3.09. The van der Waals surface area contributed by atoms with Crippen LogP contribution in [0.4, 0.5) is 0 Å². The van der Waals surface area contributed by atoms with Crippen LogP contribution in [0, 0.1) is 0 Å². The lowest BCUT2D eigenvalue weighted by atomic mass is 10.2. The van der Waals surface area contributed by atoms with Crippen molar-refractivity contribution in [2.24, 2.45) is 5.10 Å². The molecule has 0 heterocycles. The zero-order valence-corrected chi connectivity index (χ0v) is 12.7. The van der Waals surface area contributed by atoms with Crippen molar-refractivity contribution in [3.05, 3.63) is 72.8 Å². The van der Waals surface area contributed by atoms with Gasteiger partial charge in [0.15, 0.2) is 0 Å². The fourth-order valence-electron chi connectivity index (χ4n) is 1.63. The molecule has 2 aromatic carbocycles. The first-order chi connectivity index (χ1) is 10.6. The molecule has 0 amide bonds. The maximum atomic E-state index is 11.9. The number of ether oxygens (including phenoxy) is 1. The zero-order chi connectivity index (χ0) is 15.8. The molecule has 5 nitrogen and oxygen atoms in total. The third-order valence-electron chi connectivity index (χ3n) is 2.69. The van der Waals surface area contributed by atoms with Crippen molar-refractivity contribution in [3.8, 4) is 5.75 Å². The third-order valence-corrected chi connectivity index (χ3v) is 3.93. The number of hydrogen-bond acceptors (Lipinski definition) is 4. The van der Waals surface area contributed by atoms with E-state index < -0.39 is 10.0 Å². The fraction of sp³-hybridized carbons (Fsp3) is 0.0625. The van der Waals surface area contributed by atoms with Gasteiger partial charge in [-0.3, -0.25) is 0 Å². The topological polar surface area (TPSA) is 67.8 Å². The molecule has 6 heteroatoms. The normalized spacial score (nSPS) is 11.3. The molecule has 0 aliphatic carbocycles. The Labute approximate surface area is 130 Å². The van der Waals surface area contributed by atoms with Crippen LogP contribution in [0.5, 0.6) is 5.75 Å². The number of sulfonamides is 1. The molecule has 0 atom stereocenters. The lowest BCUT2D eigenvalue weighted by Crippen LogP contribution is -2.18. The van der Waals surface area contributed by atoms with E-state index in [-0.39, 0.29) is 4.90 Å². The van der Waals surface area contributed by atoms with Crippen LogP contribution in [-0.2, 0) is 10.0 Å². The van der Waals surface area contributed by atoms with Crippen molar-refractivity contribution in [1.82, 2.24) is 4.83 Å². The predicted molar refractivity (Wildman–Crippen MR) is 86.5 cm³/mol. The van der Waals surface area contributed by atoms with Crippen molar-refractivity contribution in [1.29, 1.82) is 0 Å². The number of nitrogens with one attached hydrogen (secondary N) is 1. The third kappa shape index (κ3) is 4.46. The van der Waals surface area contributed by atoms with E-state index in [0.29, 0.717) is 12.4 Å². The summed E-state index contributed by atoms with van der Waals surface area (Å²) in [7, 11) is -3.63. The van der Waals surface area contributed by atoms with Gasteiger partial charge in [0.25, 0.3) is 10.0 Å². The van der Waals surface area contributed by atoms with Gasteiger partial charge in [-0.15, -0.1) is 0 Å². The van der Waals surface area contributed by atoms with Crippen LogP contribution in [0.2, 0.25) is 0 Å². The van der Waals surface area contributed by atoms with Crippen molar-refractivity contribution in [2.45, 2.75) is 4.90 Å². The number of benzene rings is 2. The van der Waals surface area contributed by atoms with Gasteiger partial charge in [-0.05, 0) is 42.0 Å². The fourth-order valence-corrected chi connectivity index (χ4v) is 2.44. The van der Waals surface area contributed by atoms with E-state index in [1.165, 1.54) is 18.3 Å². The van der Waals surface area contributed by atoms with Crippen LogP contribution in [-0.4, -0.2) is 21.2 Å². The van der Waals surface area contributed by atoms with Crippen molar-refractivity contribution in [2.75, 3.05) is 6.61 Å². The molecule has 22 heavy (non-hydrogen) atoms. The molecule has 0 aliphatic rings. The number of hydrazone groups is 1. The smallest absolute Gasteiger partial charge is 0.276 e. The largest absolute Gasteiger partial charge is 0.490 e. The van der Waals surface area contributed by atoms with Crippen molar-refractivity contribution >= 4 is 16.2 Å². The molecule has 2 rings (SSSR count). The summed E-state index contributed by atoms with van der Waals surface area (Å²) >= 11 is 0. The summed E-state index contributed by atoms with van der Waals surface area (Å²) in [4.78, 5) is 2.34. The highest BCUT2D eigenvalue weighted by molar-refractivity contribution is 7.89. The van der Waals surface area contributed by atoms with Gasteiger partial charge in [-0.25, -0.2) is 4.83 Å². The number of rotatable bonds is 7. The van der Waals surface area contributed by atoms with Gasteiger partial charge >= 0.3 is 0 Å². The number of hydrogen-bond donors (Lipinski definition) is 1. The summed E-state index contributed by atoms with van der Waals surface area (Å²) in [5.74, 6) is 0.710. The average Bonchev–Trinajstić information content (AvgIpc) is 2.55. The first-order valence-electron chi connectivity index (χ1n) is 6.55. The van der Waals surface area contributed by atoms with E-state index in [1.807, 2.05) is 0 Å². The second kappa shape index (κ2) is 7.42. The molecule has 0 saturated carbocycles. The van der Waals surface area contributed by atoms with Gasteiger partial charge in [0.1, 0.15) is 12.4 Å². The Morgan fingerprint density at radius 3 is 2.41 bits per heavy atom. The molecule has 0 unspecified atom stereocenters. The minimum absolute atomic E-state index is 0.167. The Bertz CT molecular complexity index is 739. The summed E-state index contributed by atoms with van der Waals surface area (Å²) in [5.41, 5.74) is 0.752. The van der Waals surface area contributed by atoms with Crippen LogP contribution in [0.1, 0.15) is 5.56 Å². The monoisotopic (exact) mass is 316 g/mol. The van der Waals surface area contributed by atoms with Crippen LogP contribution in [0.15, 0.2) is 77.2 Å². The van der Waals surface area contributed by atoms with E-state index in [2.05, 4.69) is 16.5 Å². The van der Waals surface area contributed by atoms with Gasteiger partial charge in [-0.1, -0.05) is 30.9 Å². The predicted octanol–water partition coefficient (Wildman–Crippen LogP) is 2.56. The molecule has 114 valence electrons. The van der Waals surface area contributed by atoms with E-state index >= 15 is 0 Å². The minimum atomic E-state index is -3.63. The molecule has 0 aliphatic heterocycles. The van der Waals surface area contributed by atoms with Crippen LogP contribution in [0.3, 0.4) is 0 Å². The summed E-state index contributed by atoms with van der Waals surface area (Å²) in [6.45, 7) is 4.01. The highest BCUT2D eigenvalue weighted by Crippen LogP contribution is 2.11. The maximum absolute atomic E-state index is 11.9.